The van der Waals surface area contributed by atoms with Crippen LogP contribution >= 0.6 is 23.2 Å². The number of nitrogens with one attached hydrogen (secondary N) is 1. The predicted molar refractivity (Wildman–Crippen MR) is 68.0 cm³/mol. The van der Waals surface area contributed by atoms with Crippen LogP contribution < -0.4 is 5.32 Å². The molecule has 0 unspecified atom stereocenters. The van der Waals surface area contributed by atoms with Gasteiger partial charge in [0.25, 0.3) is 0 Å². The molecule has 2 rings (SSSR count). The van der Waals surface area contributed by atoms with E-state index >= 15 is 0 Å². The second-order valence-electron chi connectivity index (χ2n) is 3.65. The van der Waals surface area contributed by atoms with Crippen molar-refractivity contribution < 1.29 is 0 Å². The molecule has 0 aliphatic heterocycles. The maximum absolute atomic E-state index is 6.07. The van der Waals surface area contributed by atoms with Crippen molar-refractivity contribution in [3.05, 3.63) is 46.0 Å². The average molecular weight is 271 g/mol. The lowest BCUT2D eigenvalue weighted by Gasteiger charge is -2.06. The largest absolute Gasteiger partial charge is 0.306 e. The van der Waals surface area contributed by atoms with E-state index in [2.05, 4.69) is 15.4 Å². The molecular formula is C11H12Cl2N4. The first-order valence-electron chi connectivity index (χ1n) is 5.15. The molecule has 1 heterocycles. The summed E-state index contributed by atoms with van der Waals surface area (Å²) in [5.74, 6) is 0.755. The highest BCUT2D eigenvalue weighted by Crippen LogP contribution is 2.25. The molecule has 6 heteroatoms. The van der Waals surface area contributed by atoms with E-state index in [-0.39, 0.29) is 0 Å². The summed E-state index contributed by atoms with van der Waals surface area (Å²) in [7, 11) is 1.84. The summed E-state index contributed by atoms with van der Waals surface area (Å²) in [5, 5.41) is 8.55. The zero-order valence-corrected chi connectivity index (χ0v) is 10.8. The molecule has 0 aliphatic carbocycles. The fourth-order valence-corrected chi connectivity index (χ4v) is 1.85. The minimum absolute atomic E-state index is 0.571. The number of hydrogen-bond acceptors (Lipinski definition) is 3. The molecule has 0 saturated carbocycles. The Labute approximate surface area is 110 Å². The lowest BCUT2D eigenvalue weighted by molar-refractivity contribution is 0.649. The Hall–Kier alpha value is -1.10. The summed E-state index contributed by atoms with van der Waals surface area (Å²) in [6.45, 7) is 1.24. The number of benzene rings is 1. The lowest BCUT2D eigenvalue weighted by atomic mass is 10.2. The molecule has 0 radical (unpaired) electrons. The minimum Gasteiger partial charge on any atom is -0.306 e. The van der Waals surface area contributed by atoms with Crippen LogP contribution in [0.15, 0.2) is 24.5 Å². The molecule has 0 spiro atoms. The lowest BCUT2D eigenvalue weighted by Crippen LogP contribution is -2.14. The fraction of sp³-hybridized carbons (Fsp3) is 0.273. The number of aryl methyl sites for hydroxylation is 1. The predicted octanol–water partition coefficient (Wildman–Crippen LogP) is 2.41. The van der Waals surface area contributed by atoms with E-state index in [9.17, 15) is 0 Å². The van der Waals surface area contributed by atoms with Crippen molar-refractivity contribution in [3.8, 4) is 0 Å². The van der Waals surface area contributed by atoms with Gasteiger partial charge in [-0.3, -0.25) is 4.68 Å². The number of rotatable bonds is 4. The molecule has 0 amide bonds. The van der Waals surface area contributed by atoms with E-state index in [4.69, 9.17) is 23.2 Å². The maximum atomic E-state index is 6.07. The molecule has 1 aromatic heterocycles. The van der Waals surface area contributed by atoms with Gasteiger partial charge in [0.2, 0.25) is 0 Å². The summed E-state index contributed by atoms with van der Waals surface area (Å²) >= 11 is 12.0. The van der Waals surface area contributed by atoms with Crippen LogP contribution in [-0.4, -0.2) is 14.8 Å². The van der Waals surface area contributed by atoms with Gasteiger partial charge in [-0.15, -0.1) is 0 Å². The Bertz CT molecular complexity index is 510. The summed E-state index contributed by atoms with van der Waals surface area (Å²) in [6, 6.07) is 5.59. The van der Waals surface area contributed by atoms with Crippen LogP contribution in [0.3, 0.4) is 0 Å². The van der Waals surface area contributed by atoms with Crippen LogP contribution in [0, 0.1) is 0 Å². The van der Waals surface area contributed by atoms with Gasteiger partial charge in [0.15, 0.2) is 5.82 Å². The number of aromatic nitrogens is 3. The second-order valence-corrected chi connectivity index (χ2v) is 4.44. The Kier molecular flexibility index (Phi) is 3.99. The second kappa shape index (κ2) is 5.49. The quantitative estimate of drug-likeness (QED) is 0.928. The summed E-state index contributed by atoms with van der Waals surface area (Å²) in [4.78, 5) is 4.12. The van der Waals surface area contributed by atoms with E-state index in [1.807, 2.05) is 19.2 Å². The van der Waals surface area contributed by atoms with Crippen molar-refractivity contribution in [2.75, 3.05) is 0 Å². The summed E-state index contributed by atoms with van der Waals surface area (Å²) in [6.07, 6.45) is 1.67. The maximum Gasteiger partial charge on any atom is 0.164 e. The third-order valence-corrected chi connectivity index (χ3v) is 3.14. The number of nitrogens with zero attached hydrogens (tertiary/aromatic N) is 3. The Balaban J connectivity index is 1.92. The summed E-state index contributed by atoms with van der Waals surface area (Å²) in [5.41, 5.74) is 0.968. The standard InChI is InChI=1S/C11H12Cl2N4/c1-17-7-15-10(16-17)6-14-5-8-3-2-4-9(12)11(8)13/h2-4,7,14H,5-6H2,1H3. The summed E-state index contributed by atoms with van der Waals surface area (Å²) < 4.78 is 1.67. The highest BCUT2D eigenvalue weighted by molar-refractivity contribution is 6.42. The van der Waals surface area contributed by atoms with Crippen LogP contribution in [-0.2, 0) is 20.1 Å². The van der Waals surface area contributed by atoms with Crippen LogP contribution in [0.1, 0.15) is 11.4 Å². The van der Waals surface area contributed by atoms with Crippen LogP contribution in [0.5, 0.6) is 0 Å². The first kappa shape index (κ1) is 12.4. The molecule has 4 nitrogen and oxygen atoms in total. The van der Waals surface area contributed by atoms with E-state index in [0.717, 1.165) is 11.4 Å². The molecule has 2 aromatic rings. The molecule has 0 atom stereocenters. The van der Waals surface area contributed by atoms with Gasteiger partial charge in [0.1, 0.15) is 6.33 Å². The first-order chi connectivity index (χ1) is 8.16. The normalized spacial score (nSPS) is 10.8. The monoisotopic (exact) mass is 270 g/mol. The Morgan fingerprint density at radius 3 is 2.82 bits per heavy atom. The van der Waals surface area contributed by atoms with Crippen LogP contribution in [0.2, 0.25) is 10.0 Å². The molecule has 1 N–H and O–H groups in total. The van der Waals surface area contributed by atoms with Gasteiger partial charge in [-0.05, 0) is 11.6 Å². The van der Waals surface area contributed by atoms with Crippen molar-refractivity contribution in [2.45, 2.75) is 13.1 Å². The molecule has 90 valence electrons. The van der Waals surface area contributed by atoms with E-state index in [0.29, 0.717) is 23.1 Å². The minimum atomic E-state index is 0.571. The van der Waals surface area contributed by atoms with Gasteiger partial charge >= 0.3 is 0 Å². The van der Waals surface area contributed by atoms with Crippen molar-refractivity contribution in [1.29, 1.82) is 0 Å². The van der Waals surface area contributed by atoms with Crippen molar-refractivity contribution in [1.82, 2.24) is 20.1 Å². The van der Waals surface area contributed by atoms with Crippen LogP contribution in [0.4, 0.5) is 0 Å². The van der Waals surface area contributed by atoms with Gasteiger partial charge in [0.05, 0.1) is 16.6 Å². The van der Waals surface area contributed by atoms with E-state index in [1.54, 1.807) is 17.1 Å². The average Bonchev–Trinajstić information content (AvgIpc) is 2.70. The zero-order valence-electron chi connectivity index (χ0n) is 9.32. The van der Waals surface area contributed by atoms with Gasteiger partial charge in [-0.2, -0.15) is 5.10 Å². The Morgan fingerprint density at radius 2 is 2.12 bits per heavy atom. The Morgan fingerprint density at radius 1 is 1.29 bits per heavy atom. The van der Waals surface area contributed by atoms with E-state index in [1.165, 1.54) is 0 Å². The topological polar surface area (TPSA) is 42.7 Å². The van der Waals surface area contributed by atoms with Crippen LogP contribution in [0.25, 0.3) is 0 Å². The molecular weight excluding hydrogens is 259 g/mol. The van der Waals surface area contributed by atoms with E-state index < -0.39 is 0 Å². The molecule has 1 aromatic carbocycles. The number of hydrogen-bond donors (Lipinski definition) is 1. The van der Waals surface area contributed by atoms with Crippen molar-refractivity contribution in [3.63, 3.8) is 0 Å². The first-order valence-corrected chi connectivity index (χ1v) is 5.90. The highest BCUT2D eigenvalue weighted by Gasteiger charge is 2.04. The fourth-order valence-electron chi connectivity index (χ4n) is 1.46. The molecule has 0 saturated heterocycles. The third kappa shape index (κ3) is 3.19. The highest BCUT2D eigenvalue weighted by atomic mass is 35.5. The molecule has 0 bridgehead atoms. The third-order valence-electron chi connectivity index (χ3n) is 2.28. The number of halogens is 2. The van der Waals surface area contributed by atoms with Crippen molar-refractivity contribution in [2.24, 2.45) is 7.05 Å². The molecule has 0 fully saturated rings. The molecule has 17 heavy (non-hydrogen) atoms. The van der Waals surface area contributed by atoms with Gasteiger partial charge in [-0.25, -0.2) is 4.98 Å². The van der Waals surface area contributed by atoms with Crippen molar-refractivity contribution >= 4 is 23.2 Å². The van der Waals surface area contributed by atoms with Gasteiger partial charge in [-0.1, -0.05) is 35.3 Å². The zero-order chi connectivity index (χ0) is 12.3. The SMILES string of the molecule is Cn1cnc(CNCc2cccc(Cl)c2Cl)n1. The molecule has 0 aliphatic rings. The smallest absolute Gasteiger partial charge is 0.164 e. The van der Waals surface area contributed by atoms with Gasteiger partial charge in [0, 0.05) is 13.6 Å². The van der Waals surface area contributed by atoms with Gasteiger partial charge < -0.3 is 5.32 Å².